The first-order valence-corrected chi connectivity index (χ1v) is 6.28. The SMILES string of the molecule is CCCNC(Cc1ccc(O)cc1)CN(C)C. The van der Waals surface area contributed by atoms with E-state index in [9.17, 15) is 5.11 Å². The molecule has 17 heavy (non-hydrogen) atoms. The van der Waals surface area contributed by atoms with E-state index in [-0.39, 0.29) is 0 Å². The molecule has 1 atom stereocenters. The van der Waals surface area contributed by atoms with Gasteiger partial charge >= 0.3 is 0 Å². The van der Waals surface area contributed by atoms with E-state index in [2.05, 4.69) is 31.2 Å². The van der Waals surface area contributed by atoms with E-state index in [0.717, 1.165) is 25.9 Å². The molecule has 0 aliphatic carbocycles. The number of phenolic OH excluding ortho intramolecular Hbond substituents is 1. The summed E-state index contributed by atoms with van der Waals surface area (Å²) < 4.78 is 0. The largest absolute Gasteiger partial charge is 0.508 e. The molecule has 1 unspecified atom stereocenters. The first kappa shape index (κ1) is 14.0. The van der Waals surface area contributed by atoms with Gasteiger partial charge in [0.05, 0.1) is 0 Å². The second kappa shape index (κ2) is 7.30. The van der Waals surface area contributed by atoms with Crippen LogP contribution in [0, 0.1) is 0 Å². The second-order valence-electron chi connectivity index (χ2n) is 4.78. The summed E-state index contributed by atoms with van der Waals surface area (Å²) in [5, 5.41) is 12.8. The predicted molar refractivity (Wildman–Crippen MR) is 72.4 cm³/mol. The van der Waals surface area contributed by atoms with Gasteiger partial charge in [-0.25, -0.2) is 0 Å². The molecule has 0 aliphatic heterocycles. The van der Waals surface area contributed by atoms with Gasteiger partial charge in [-0.05, 0) is 51.2 Å². The molecule has 0 fully saturated rings. The lowest BCUT2D eigenvalue weighted by Crippen LogP contribution is -2.40. The van der Waals surface area contributed by atoms with E-state index in [1.165, 1.54) is 5.56 Å². The number of phenols is 1. The van der Waals surface area contributed by atoms with Crippen LogP contribution >= 0.6 is 0 Å². The van der Waals surface area contributed by atoms with Crippen LogP contribution in [0.25, 0.3) is 0 Å². The highest BCUT2D eigenvalue weighted by molar-refractivity contribution is 5.26. The Bertz CT molecular complexity index is 309. The smallest absolute Gasteiger partial charge is 0.115 e. The molecule has 0 bridgehead atoms. The zero-order valence-electron chi connectivity index (χ0n) is 11.1. The Morgan fingerprint density at radius 3 is 2.41 bits per heavy atom. The summed E-state index contributed by atoms with van der Waals surface area (Å²) in [7, 11) is 4.19. The molecule has 0 heterocycles. The van der Waals surface area contributed by atoms with Gasteiger partial charge in [0.25, 0.3) is 0 Å². The normalized spacial score (nSPS) is 12.9. The number of aromatic hydroxyl groups is 1. The molecule has 3 heteroatoms. The molecule has 0 aliphatic rings. The number of hydrogen-bond acceptors (Lipinski definition) is 3. The molecule has 1 aromatic carbocycles. The third kappa shape index (κ3) is 5.71. The van der Waals surface area contributed by atoms with Crippen LogP contribution < -0.4 is 5.32 Å². The van der Waals surface area contributed by atoms with Crippen LogP contribution in [-0.4, -0.2) is 43.2 Å². The highest BCUT2D eigenvalue weighted by Crippen LogP contribution is 2.11. The monoisotopic (exact) mass is 236 g/mol. The van der Waals surface area contributed by atoms with Crippen molar-refractivity contribution in [2.45, 2.75) is 25.8 Å². The number of rotatable bonds is 7. The standard InChI is InChI=1S/C14H24N2O/c1-4-9-15-13(11-16(2)3)10-12-5-7-14(17)8-6-12/h5-8,13,15,17H,4,9-11H2,1-3H3. The fourth-order valence-electron chi connectivity index (χ4n) is 1.91. The minimum atomic E-state index is 0.333. The zero-order chi connectivity index (χ0) is 12.7. The van der Waals surface area contributed by atoms with E-state index in [0.29, 0.717) is 11.8 Å². The van der Waals surface area contributed by atoms with E-state index in [4.69, 9.17) is 0 Å². The van der Waals surface area contributed by atoms with E-state index in [1.54, 1.807) is 12.1 Å². The first-order valence-electron chi connectivity index (χ1n) is 6.28. The van der Waals surface area contributed by atoms with Crippen molar-refractivity contribution in [3.63, 3.8) is 0 Å². The molecular weight excluding hydrogens is 212 g/mol. The Hall–Kier alpha value is -1.06. The summed E-state index contributed by atoms with van der Waals surface area (Å²) in [5.74, 6) is 0.333. The Kier molecular flexibility index (Phi) is 6.01. The van der Waals surface area contributed by atoms with E-state index < -0.39 is 0 Å². The van der Waals surface area contributed by atoms with Gasteiger partial charge in [-0.15, -0.1) is 0 Å². The maximum Gasteiger partial charge on any atom is 0.115 e. The minimum Gasteiger partial charge on any atom is -0.508 e. The summed E-state index contributed by atoms with van der Waals surface area (Å²) in [6.45, 7) is 4.26. The van der Waals surface area contributed by atoms with Gasteiger partial charge in [-0.3, -0.25) is 0 Å². The van der Waals surface area contributed by atoms with Crippen molar-refractivity contribution in [3.8, 4) is 5.75 Å². The number of benzene rings is 1. The molecule has 96 valence electrons. The quantitative estimate of drug-likeness (QED) is 0.758. The summed E-state index contributed by atoms with van der Waals surface area (Å²) in [6, 6.07) is 7.95. The van der Waals surface area contributed by atoms with Crippen LogP contribution in [0.1, 0.15) is 18.9 Å². The maximum absolute atomic E-state index is 9.25. The minimum absolute atomic E-state index is 0.333. The molecule has 1 aromatic rings. The van der Waals surface area contributed by atoms with Gasteiger partial charge in [-0.1, -0.05) is 19.1 Å². The average Bonchev–Trinajstić information content (AvgIpc) is 2.28. The Labute approximate surface area is 104 Å². The number of nitrogens with zero attached hydrogens (tertiary/aromatic N) is 1. The Morgan fingerprint density at radius 1 is 1.24 bits per heavy atom. The zero-order valence-corrected chi connectivity index (χ0v) is 11.1. The summed E-state index contributed by atoms with van der Waals surface area (Å²) in [5.41, 5.74) is 1.26. The van der Waals surface area contributed by atoms with Crippen molar-refractivity contribution < 1.29 is 5.11 Å². The van der Waals surface area contributed by atoms with Crippen molar-refractivity contribution in [2.24, 2.45) is 0 Å². The van der Waals surface area contributed by atoms with Crippen LogP contribution in [0.3, 0.4) is 0 Å². The van der Waals surface area contributed by atoms with Crippen LogP contribution in [0.2, 0.25) is 0 Å². The third-order valence-corrected chi connectivity index (χ3v) is 2.69. The molecule has 0 spiro atoms. The third-order valence-electron chi connectivity index (χ3n) is 2.69. The Morgan fingerprint density at radius 2 is 1.88 bits per heavy atom. The molecule has 3 nitrogen and oxygen atoms in total. The highest BCUT2D eigenvalue weighted by Gasteiger charge is 2.09. The first-order chi connectivity index (χ1) is 8.11. The Balaban J connectivity index is 2.54. The highest BCUT2D eigenvalue weighted by atomic mass is 16.3. The van der Waals surface area contributed by atoms with Crippen molar-refractivity contribution in [1.82, 2.24) is 10.2 Å². The summed E-state index contributed by atoms with van der Waals surface area (Å²) in [6.07, 6.45) is 2.15. The summed E-state index contributed by atoms with van der Waals surface area (Å²) in [4.78, 5) is 2.20. The number of likely N-dealkylation sites (N-methyl/N-ethyl adjacent to an activating group) is 1. The fraction of sp³-hybridized carbons (Fsp3) is 0.571. The van der Waals surface area contributed by atoms with Gasteiger partial charge in [0.1, 0.15) is 5.75 Å². The molecule has 0 saturated heterocycles. The van der Waals surface area contributed by atoms with E-state index in [1.807, 2.05) is 12.1 Å². The predicted octanol–water partition coefficient (Wildman–Crippen LogP) is 1.86. The maximum atomic E-state index is 9.25. The van der Waals surface area contributed by atoms with Crippen LogP contribution in [0.5, 0.6) is 5.75 Å². The fourth-order valence-corrected chi connectivity index (χ4v) is 1.91. The van der Waals surface area contributed by atoms with Crippen molar-refractivity contribution >= 4 is 0 Å². The lowest BCUT2D eigenvalue weighted by Gasteiger charge is -2.22. The van der Waals surface area contributed by atoms with Crippen molar-refractivity contribution in [2.75, 3.05) is 27.2 Å². The average molecular weight is 236 g/mol. The molecule has 0 amide bonds. The van der Waals surface area contributed by atoms with Gasteiger partial charge in [-0.2, -0.15) is 0 Å². The lowest BCUT2D eigenvalue weighted by molar-refractivity contribution is 0.336. The molecular formula is C14H24N2O. The van der Waals surface area contributed by atoms with Crippen LogP contribution in [0.15, 0.2) is 24.3 Å². The molecule has 0 saturated carbocycles. The lowest BCUT2D eigenvalue weighted by atomic mass is 10.1. The van der Waals surface area contributed by atoms with Crippen LogP contribution in [0.4, 0.5) is 0 Å². The van der Waals surface area contributed by atoms with Gasteiger partial charge in [0.15, 0.2) is 0 Å². The van der Waals surface area contributed by atoms with Crippen molar-refractivity contribution in [1.29, 1.82) is 0 Å². The molecule has 0 aromatic heterocycles. The van der Waals surface area contributed by atoms with E-state index >= 15 is 0 Å². The van der Waals surface area contributed by atoms with Gasteiger partial charge < -0.3 is 15.3 Å². The van der Waals surface area contributed by atoms with Gasteiger partial charge in [0, 0.05) is 12.6 Å². The topological polar surface area (TPSA) is 35.5 Å². The molecule has 2 N–H and O–H groups in total. The van der Waals surface area contributed by atoms with Crippen molar-refractivity contribution in [3.05, 3.63) is 29.8 Å². The van der Waals surface area contributed by atoms with Gasteiger partial charge in [0.2, 0.25) is 0 Å². The molecule has 1 rings (SSSR count). The van der Waals surface area contributed by atoms with Crippen LogP contribution in [-0.2, 0) is 6.42 Å². The second-order valence-corrected chi connectivity index (χ2v) is 4.78. The number of nitrogens with one attached hydrogen (secondary N) is 1. The molecule has 0 radical (unpaired) electrons. The number of hydrogen-bond donors (Lipinski definition) is 2. The summed E-state index contributed by atoms with van der Waals surface area (Å²) >= 11 is 0.